The molecule has 25 heavy (non-hydrogen) atoms. The van der Waals surface area contributed by atoms with Crippen molar-refractivity contribution in [1.29, 1.82) is 0 Å². The molecular weight excluding hydrogens is 332 g/mol. The van der Waals surface area contributed by atoms with Crippen molar-refractivity contribution in [2.75, 3.05) is 14.2 Å². The Morgan fingerprint density at radius 2 is 1.88 bits per heavy atom. The lowest BCUT2D eigenvalue weighted by atomic mass is 10.1. The van der Waals surface area contributed by atoms with E-state index in [1.807, 2.05) is 24.4 Å². The fourth-order valence-electron chi connectivity index (χ4n) is 3.16. The van der Waals surface area contributed by atoms with Gasteiger partial charge in [-0.2, -0.15) is 0 Å². The first-order chi connectivity index (χ1) is 12.0. The second kappa shape index (κ2) is 7.42. The molecule has 0 radical (unpaired) electrons. The number of hydrogen-bond donors (Lipinski definition) is 0. The van der Waals surface area contributed by atoms with Gasteiger partial charge in [0, 0.05) is 13.1 Å². The van der Waals surface area contributed by atoms with Crippen LogP contribution in [-0.4, -0.2) is 24.0 Å². The summed E-state index contributed by atoms with van der Waals surface area (Å²) in [7, 11) is 3.83. The first-order valence-corrected chi connectivity index (χ1v) is 9.18. The molecule has 0 aliphatic heterocycles. The van der Waals surface area contributed by atoms with Gasteiger partial charge in [-0.05, 0) is 56.0 Å². The highest BCUT2D eigenvalue weighted by molar-refractivity contribution is 7.13. The SMILES string of the molecule is COc1c(C)cc(CN(C)Cc2nc(-c3cccs3)oc2C)cc1C. The first kappa shape index (κ1) is 17.7. The van der Waals surface area contributed by atoms with Gasteiger partial charge >= 0.3 is 0 Å². The van der Waals surface area contributed by atoms with Gasteiger partial charge in [0.05, 0.1) is 17.7 Å². The summed E-state index contributed by atoms with van der Waals surface area (Å²) in [6.45, 7) is 7.76. The lowest BCUT2D eigenvalue weighted by Crippen LogP contribution is -2.18. The molecule has 0 N–H and O–H groups in total. The second-order valence-electron chi connectivity index (χ2n) is 6.43. The molecule has 0 bridgehead atoms. The van der Waals surface area contributed by atoms with Crippen LogP contribution in [0.5, 0.6) is 5.75 Å². The number of rotatable bonds is 6. The highest BCUT2D eigenvalue weighted by Crippen LogP contribution is 2.27. The Bertz CT molecular complexity index is 830. The van der Waals surface area contributed by atoms with Crippen LogP contribution in [0.3, 0.4) is 0 Å². The predicted octanol–water partition coefficient (Wildman–Crippen LogP) is 4.97. The highest BCUT2D eigenvalue weighted by Gasteiger charge is 2.14. The van der Waals surface area contributed by atoms with E-state index < -0.39 is 0 Å². The number of aromatic nitrogens is 1. The molecule has 132 valence electrons. The van der Waals surface area contributed by atoms with Crippen LogP contribution in [0.25, 0.3) is 10.8 Å². The van der Waals surface area contributed by atoms with Gasteiger partial charge in [0.15, 0.2) is 0 Å². The molecule has 0 amide bonds. The fraction of sp³-hybridized carbons (Fsp3) is 0.350. The van der Waals surface area contributed by atoms with Crippen molar-refractivity contribution in [3.63, 3.8) is 0 Å². The Balaban J connectivity index is 1.72. The summed E-state index contributed by atoms with van der Waals surface area (Å²) in [6.07, 6.45) is 0. The van der Waals surface area contributed by atoms with E-state index in [9.17, 15) is 0 Å². The van der Waals surface area contributed by atoms with Crippen molar-refractivity contribution in [2.24, 2.45) is 0 Å². The molecule has 0 saturated carbocycles. The number of methoxy groups -OCH3 is 1. The standard InChI is InChI=1S/C20H24N2O2S/c1-13-9-16(10-14(2)19(13)23-5)11-22(4)12-17-15(3)24-20(21-17)18-7-6-8-25-18/h6-10H,11-12H2,1-5H3. The monoisotopic (exact) mass is 356 g/mol. The van der Waals surface area contributed by atoms with E-state index in [0.29, 0.717) is 5.89 Å². The Morgan fingerprint density at radius 1 is 1.16 bits per heavy atom. The minimum atomic E-state index is 0.715. The maximum absolute atomic E-state index is 5.83. The van der Waals surface area contributed by atoms with Crippen molar-refractivity contribution in [3.8, 4) is 16.5 Å². The van der Waals surface area contributed by atoms with E-state index in [2.05, 4.69) is 42.9 Å². The summed E-state index contributed by atoms with van der Waals surface area (Å²) >= 11 is 1.64. The maximum atomic E-state index is 5.83. The number of oxazole rings is 1. The number of thiophene rings is 1. The topological polar surface area (TPSA) is 38.5 Å². The van der Waals surface area contributed by atoms with E-state index in [1.54, 1.807) is 18.4 Å². The van der Waals surface area contributed by atoms with Crippen molar-refractivity contribution >= 4 is 11.3 Å². The molecule has 3 aromatic rings. The van der Waals surface area contributed by atoms with Gasteiger partial charge < -0.3 is 9.15 Å². The van der Waals surface area contributed by atoms with Crippen molar-refractivity contribution in [1.82, 2.24) is 9.88 Å². The molecule has 4 nitrogen and oxygen atoms in total. The van der Waals surface area contributed by atoms with E-state index in [4.69, 9.17) is 9.15 Å². The predicted molar refractivity (Wildman–Crippen MR) is 102 cm³/mol. The molecular formula is C20H24N2O2S. The van der Waals surface area contributed by atoms with Crippen LogP contribution < -0.4 is 4.74 Å². The first-order valence-electron chi connectivity index (χ1n) is 8.30. The average molecular weight is 356 g/mol. The van der Waals surface area contributed by atoms with E-state index in [-0.39, 0.29) is 0 Å². The zero-order valence-electron chi connectivity index (χ0n) is 15.4. The highest BCUT2D eigenvalue weighted by atomic mass is 32.1. The van der Waals surface area contributed by atoms with Crippen molar-refractivity contribution in [2.45, 2.75) is 33.9 Å². The number of ether oxygens (including phenoxy) is 1. The minimum Gasteiger partial charge on any atom is -0.496 e. The average Bonchev–Trinajstić information content (AvgIpc) is 3.17. The molecule has 0 aliphatic carbocycles. The number of nitrogens with zero attached hydrogens (tertiary/aromatic N) is 2. The number of benzene rings is 1. The van der Waals surface area contributed by atoms with Crippen molar-refractivity contribution in [3.05, 3.63) is 57.8 Å². The third-order valence-electron chi connectivity index (χ3n) is 4.22. The van der Waals surface area contributed by atoms with Crippen LogP contribution in [0.15, 0.2) is 34.1 Å². The third kappa shape index (κ3) is 3.94. The Kier molecular flexibility index (Phi) is 5.25. The van der Waals surface area contributed by atoms with Crippen LogP contribution in [0.2, 0.25) is 0 Å². The summed E-state index contributed by atoms with van der Waals surface area (Å²) in [4.78, 5) is 8.00. The van der Waals surface area contributed by atoms with E-state index in [1.165, 1.54) is 16.7 Å². The van der Waals surface area contributed by atoms with Gasteiger partial charge in [0.2, 0.25) is 5.89 Å². The summed E-state index contributed by atoms with van der Waals surface area (Å²) in [5.74, 6) is 2.57. The quantitative estimate of drug-likeness (QED) is 0.625. The van der Waals surface area contributed by atoms with E-state index >= 15 is 0 Å². The molecule has 3 rings (SSSR count). The Morgan fingerprint density at radius 3 is 2.48 bits per heavy atom. The molecule has 2 aromatic heterocycles. The molecule has 2 heterocycles. The Labute approximate surface area is 153 Å². The van der Waals surface area contributed by atoms with Gasteiger partial charge in [-0.15, -0.1) is 11.3 Å². The zero-order valence-corrected chi connectivity index (χ0v) is 16.2. The van der Waals surface area contributed by atoms with Crippen LogP contribution >= 0.6 is 11.3 Å². The van der Waals surface area contributed by atoms with Crippen LogP contribution in [0.4, 0.5) is 0 Å². The molecule has 5 heteroatoms. The third-order valence-corrected chi connectivity index (χ3v) is 5.08. The molecule has 0 spiro atoms. The van der Waals surface area contributed by atoms with Crippen LogP contribution in [0, 0.1) is 20.8 Å². The fourth-order valence-corrected chi connectivity index (χ4v) is 3.81. The molecule has 1 aromatic carbocycles. The summed E-state index contributed by atoms with van der Waals surface area (Å²) in [6, 6.07) is 8.43. The smallest absolute Gasteiger partial charge is 0.236 e. The summed E-state index contributed by atoms with van der Waals surface area (Å²) in [5, 5.41) is 2.04. The van der Waals surface area contributed by atoms with Crippen molar-refractivity contribution < 1.29 is 9.15 Å². The molecule has 0 aliphatic rings. The van der Waals surface area contributed by atoms with E-state index in [0.717, 1.165) is 35.2 Å². The largest absolute Gasteiger partial charge is 0.496 e. The Hall–Kier alpha value is -2.11. The van der Waals surface area contributed by atoms with Gasteiger partial charge in [0.25, 0.3) is 0 Å². The van der Waals surface area contributed by atoms with Gasteiger partial charge in [-0.3, -0.25) is 4.90 Å². The lowest BCUT2D eigenvalue weighted by molar-refractivity contribution is 0.313. The molecule has 0 fully saturated rings. The normalized spacial score (nSPS) is 11.3. The van der Waals surface area contributed by atoms with Gasteiger partial charge in [0.1, 0.15) is 11.5 Å². The summed E-state index contributed by atoms with van der Waals surface area (Å²) in [5.41, 5.74) is 4.61. The lowest BCUT2D eigenvalue weighted by Gasteiger charge is -2.17. The number of hydrogen-bond acceptors (Lipinski definition) is 5. The van der Waals surface area contributed by atoms with Crippen LogP contribution in [0.1, 0.15) is 28.1 Å². The number of aryl methyl sites for hydroxylation is 3. The minimum absolute atomic E-state index is 0.715. The molecule has 0 unspecified atom stereocenters. The molecule has 0 saturated heterocycles. The zero-order chi connectivity index (χ0) is 18.0. The van der Waals surface area contributed by atoms with Crippen LogP contribution in [-0.2, 0) is 13.1 Å². The van der Waals surface area contributed by atoms with Gasteiger partial charge in [-0.1, -0.05) is 18.2 Å². The summed E-state index contributed by atoms with van der Waals surface area (Å²) < 4.78 is 11.3. The maximum Gasteiger partial charge on any atom is 0.236 e. The molecule has 0 atom stereocenters. The second-order valence-corrected chi connectivity index (χ2v) is 7.38. The van der Waals surface area contributed by atoms with Gasteiger partial charge in [-0.25, -0.2) is 4.98 Å².